The molecule has 0 amide bonds. The van der Waals surface area contributed by atoms with Gasteiger partial charge in [-0.15, -0.1) is 0 Å². The first kappa shape index (κ1) is 16.4. The molecule has 0 radical (unpaired) electrons. The third-order valence-corrected chi connectivity index (χ3v) is 5.10. The standard InChI is InChI=1S/C13H6Cl6O/c1-20-7-3-5(2-6(14)4-7)8-9(15)11(17)13(19)12(18)10(8)16/h2-4H,1H3. The fourth-order valence-electron chi connectivity index (χ4n) is 1.68. The lowest BCUT2D eigenvalue weighted by molar-refractivity contribution is 0.415. The van der Waals surface area contributed by atoms with Crippen molar-refractivity contribution in [3.8, 4) is 16.9 Å². The molecule has 0 fully saturated rings. The second-order valence-electron chi connectivity index (χ2n) is 3.82. The summed E-state index contributed by atoms with van der Waals surface area (Å²) in [5.41, 5.74) is 1.08. The summed E-state index contributed by atoms with van der Waals surface area (Å²) in [5.74, 6) is 0.557. The zero-order chi connectivity index (χ0) is 15.0. The normalized spacial score (nSPS) is 10.8. The van der Waals surface area contributed by atoms with Gasteiger partial charge < -0.3 is 4.74 Å². The molecule has 0 aliphatic heterocycles. The van der Waals surface area contributed by atoms with E-state index in [4.69, 9.17) is 74.3 Å². The number of benzene rings is 2. The van der Waals surface area contributed by atoms with Gasteiger partial charge in [-0.3, -0.25) is 0 Å². The van der Waals surface area contributed by atoms with Gasteiger partial charge in [-0.05, 0) is 23.8 Å². The van der Waals surface area contributed by atoms with E-state index in [1.165, 1.54) is 7.11 Å². The molecule has 1 nitrogen and oxygen atoms in total. The van der Waals surface area contributed by atoms with Crippen molar-refractivity contribution in [2.45, 2.75) is 0 Å². The number of ether oxygens (including phenoxy) is 1. The van der Waals surface area contributed by atoms with Crippen LogP contribution in [0.15, 0.2) is 18.2 Å². The summed E-state index contributed by atoms with van der Waals surface area (Å²) >= 11 is 36.5. The minimum Gasteiger partial charge on any atom is -0.497 e. The summed E-state index contributed by atoms with van der Waals surface area (Å²) in [6.07, 6.45) is 0. The first-order valence-electron chi connectivity index (χ1n) is 5.23. The average Bonchev–Trinajstić information content (AvgIpc) is 2.42. The predicted molar refractivity (Wildman–Crippen MR) is 88.5 cm³/mol. The molecule has 0 aliphatic carbocycles. The molecule has 0 saturated heterocycles. The Bertz CT molecular complexity index is 654. The number of hydrogen-bond donors (Lipinski definition) is 0. The quantitative estimate of drug-likeness (QED) is 0.386. The Morgan fingerprint density at radius 3 is 1.70 bits per heavy atom. The molecule has 0 aliphatic rings. The van der Waals surface area contributed by atoms with E-state index >= 15 is 0 Å². The summed E-state index contributed by atoms with van der Waals surface area (Å²) in [5, 5.41) is 1.26. The predicted octanol–water partition coefficient (Wildman–Crippen LogP) is 7.28. The second-order valence-corrected chi connectivity index (χ2v) is 6.15. The van der Waals surface area contributed by atoms with Gasteiger partial charge in [0.05, 0.1) is 32.2 Å². The largest absolute Gasteiger partial charge is 0.497 e. The van der Waals surface area contributed by atoms with E-state index in [0.717, 1.165) is 0 Å². The molecule has 106 valence electrons. The molecule has 0 N–H and O–H groups in total. The third-order valence-electron chi connectivity index (χ3n) is 2.61. The lowest BCUT2D eigenvalue weighted by atomic mass is 10.1. The molecule has 0 aromatic heterocycles. The highest BCUT2D eigenvalue weighted by Crippen LogP contribution is 2.48. The lowest BCUT2D eigenvalue weighted by Crippen LogP contribution is -1.89. The fourth-order valence-corrected chi connectivity index (χ4v) is 3.26. The third kappa shape index (κ3) is 2.94. The van der Waals surface area contributed by atoms with Crippen molar-refractivity contribution in [3.63, 3.8) is 0 Å². The van der Waals surface area contributed by atoms with E-state index in [1.807, 2.05) is 0 Å². The summed E-state index contributed by atoms with van der Waals surface area (Å²) in [4.78, 5) is 0. The molecular formula is C13H6Cl6O. The number of methoxy groups -OCH3 is 1. The van der Waals surface area contributed by atoms with Gasteiger partial charge in [0, 0.05) is 10.6 Å². The number of rotatable bonds is 2. The molecule has 7 heteroatoms. The maximum absolute atomic E-state index is 6.21. The SMILES string of the molecule is COc1cc(Cl)cc(-c2c(Cl)c(Cl)c(Cl)c(Cl)c2Cl)c1. The van der Waals surface area contributed by atoms with Gasteiger partial charge in [0.25, 0.3) is 0 Å². The zero-order valence-corrected chi connectivity index (χ0v) is 14.4. The minimum atomic E-state index is 0.112. The molecule has 20 heavy (non-hydrogen) atoms. The van der Waals surface area contributed by atoms with E-state index in [0.29, 0.717) is 21.9 Å². The zero-order valence-electron chi connectivity index (χ0n) is 9.91. The minimum absolute atomic E-state index is 0.112. The van der Waals surface area contributed by atoms with Crippen LogP contribution in [0.2, 0.25) is 30.1 Å². The molecule has 2 rings (SSSR count). The van der Waals surface area contributed by atoms with Crippen molar-refractivity contribution in [2.24, 2.45) is 0 Å². The van der Waals surface area contributed by atoms with Gasteiger partial charge in [-0.1, -0.05) is 69.6 Å². The Labute approximate surface area is 146 Å². The summed E-state index contributed by atoms with van der Waals surface area (Å²) in [6.45, 7) is 0. The Morgan fingerprint density at radius 1 is 0.700 bits per heavy atom. The van der Waals surface area contributed by atoms with Gasteiger partial charge in [-0.2, -0.15) is 0 Å². The van der Waals surface area contributed by atoms with Crippen LogP contribution in [-0.2, 0) is 0 Å². The molecule has 0 bridgehead atoms. The van der Waals surface area contributed by atoms with Crippen LogP contribution in [0.5, 0.6) is 5.75 Å². The lowest BCUT2D eigenvalue weighted by Gasteiger charge is -2.14. The highest BCUT2D eigenvalue weighted by Gasteiger charge is 2.21. The monoisotopic (exact) mass is 388 g/mol. The highest BCUT2D eigenvalue weighted by atomic mass is 35.5. The van der Waals surface area contributed by atoms with E-state index in [9.17, 15) is 0 Å². The van der Waals surface area contributed by atoms with Crippen LogP contribution >= 0.6 is 69.6 Å². The van der Waals surface area contributed by atoms with Crippen LogP contribution in [-0.4, -0.2) is 7.11 Å². The van der Waals surface area contributed by atoms with Crippen LogP contribution in [0.1, 0.15) is 0 Å². The van der Waals surface area contributed by atoms with Gasteiger partial charge in [-0.25, -0.2) is 0 Å². The Hall–Kier alpha value is -0.0200. The number of halogens is 6. The first-order valence-corrected chi connectivity index (χ1v) is 7.50. The smallest absolute Gasteiger partial charge is 0.120 e. The molecule has 2 aromatic carbocycles. The van der Waals surface area contributed by atoms with E-state index in [2.05, 4.69) is 0 Å². The maximum Gasteiger partial charge on any atom is 0.120 e. The highest BCUT2D eigenvalue weighted by molar-refractivity contribution is 6.56. The average molecular weight is 391 g/mol. The summed E-state index contributed by atoms with van der Waals surface area (Å²) in [6, 6.07) is 5.06. The molecule has 0 saturated carbocycles. The van der Waals surface area contributed by atoms with E-state index in [1.54, 1.807) is 18.2 Å². The molecule has 0 unspecified atom stereocenters. The van der Waals surface area contributed by atoms with Crippen molar-refractivity contribution in [1.29, 1.82) is 0 Å². The summed E-state index contributed by atoms with van der Waals surface area (Å²) in [7, 11) is 1.53. The van der Waals surface area contributed by atoms with Crippen molar-refractivity contribution >= 4 is 69.6 Å². The molecular weight excluding hydrogens is 385 g/mol. The first-order chi connectivity index (χ1) is 9.36. The molecule has 0 spiro atoms. The van der Waals surface area contributed by atoms with Crippen LogP contribution in [0.4, 0.5) is 0 Å². The van der Waals surface area contributed by atoms with Crippen LogP contribution in [0.3, 0.4) is 0 Å². The van der Waals surface area contributed by atoms with Crippen LogP contribution in [0.25, 0.3) is 11.1 Å². The van der Waals surface area contributed by atoms with Crippen molar-refractivity contribution in [3.05, 3.63) is 48.3 Å². The van der Waals surface area contributed by atoms with Gasteiger partial charge in [0.15, 0.2) is 0 Å². The molecule has 2 aromatic rings. The van der Waals surface area contributed by atoms with Gasteiger partial charge >= 0.3 is 0 Å². The summed E-state index contributed by atoms with van der Waals surface area (Å²) < 4.78 is 5.16. The van der Waals surface area contributed by atoms with E-state index in [-0.39, 0.29) is 25.1 Å². The number of hydrogen-bond acceptors (Lipinski definition) is 1. The maximum atomic E-state index is 6.21. The fraction of sp³-hybridized carbons (Fsp3) is 0.0769. The Morgan fingerprint density at radius 2 is 1.20 bits per heavy atom. The molecule has 0 atom stereocenters. The molecule has 0 heterocycles. The Balaban J connectivity index is 2.79. The van der Waals surface area contributed by atoms with Crippen molar-refractivity contribution in [1.82, 2.24) is 0 Å². The Kier molecular flexibility index (Phi) is 5.23. The topological polar surface area (TPSA) is 9.23 Å². The van der Waals surface area contributed by atoms with Crippen LogP contribution in [0, 0.1) is 0 Å². The van der Waals surface area contributed by atoms with Gasteiger partial charge in [0.1, 0.15) is 5.75 Å². The van der Waals surface area contributed by atoms with Crippen molar-refractivity contribution in [2.75, 3.05) is 7.11 Å². The van der Waals surface area contributed by atoms with Crippen LogP contribution < -0.4 is 4.74 Å². The second kappa shape index (κ2) is 6.39. The van der Waals surface area contributed by atoms with Crippen molar-refractivity contribution < 1.29 is 4.74 Å². The van der Waals surface area contributed by atoms with Gasteiger partial charge in [0.2, 0.25) is 0 Å². The van der Waals surface area contributed by atoms with E-state index < -0.39 is 0 Å².